The van der Waals surface area contributed by atoms with Crippen LogP contribution in [0.2, 0.25) is 0 Å². The van der Waals surface area contributed by atoms with Crippen molar-refractivity contribution in [2.75, 3.05) is 13.1 Å². The Morgan fingerprint density at radius 3 is 2.55 bits per heavy atom. The minimum absolute atomic E-state index is 0.00641. The van der Waals surface area contributed by atoms with Crippen molar-refractivity contribution in [3.8, 4) is 0 Å². The lowest BCUT2D eigenvalue weighted by Crippen LogP contribution is -2.44. The number of carbonyl (C=O) groups is 2. The molecule has 0 spiro atoms. The Labute approximate surface area is 177 Å². The van der Waals surface area contributed by atoms with Crippen LogP contribution < -0.4 is 5.32 Å². The average Bonchev–Trinajstić information content (AvgIpc) is 2.69. The SMILES string of the molecule is Cc1ccc(Sc2ncccc2C(=O)N2CCC(C(=O)NC(C)C)CC2)c(C)c1. The van der Waals surface area contributed by atoms with Gasteiger partial charge in [0.1, 0.15) is 5.03 Å². The van der Waals surface area contributed by atoms with E-state index in [2.05, 4.69) is 42.3 Å². The second-order valence-electron chi connectivity index (χ2n) is 7.96. The molecule has 1 fully saturated rings. The van der Waals surface area contributed by atoms with Gasteiger partial charge in [0.2, 0.25) is 5.91 Å². The third kappa shape index (κ3) is 5.38. The Morgan fingerprint density at radius 1 is 1.17 bits per heavy atom. The van der Waals surface area contributed by atoms with E-state index in [4.69, 9.17) is 0 Å². The highest BCUT2D eigenvalue weighted by Crippen LogP contribution is 2.32. The largest absolute Gasteiger partial charge is 0.354 e. The first-order chi connectivity index (χ1) is 13.8. The normalized spacial score (nSPS) is 14.9. The Kier molecular flexibility index (Phi) is 6.96. The highest BCUT2D eigenvalue weighted by molar-refractivity contribution is 7.99. The molecule has 2 aromatic rings. The van der Waals surface area contributed by atoms with Crippen LogP contribution in [0.25, 0.3) is 0 Å². The number of piperidine rings is 1. The summed E-state index contributed by atoms with van der Waals surface area (Å²) >= 11 is 1.53. The molecule has 0 unspecified atom stereocenters. The zero-order valence-corrected chi connectivity index (χ0v) is 18.4. The molecule has 0 aliphatic carbocycles. The average molecular weight is 412 g/mol. The van der Waals surface area contributed by atoms with Crippen molar-refractivity contribution in [1.29, 1.82) is 0 Å². The molecule has 1 aromatic carbocycles. The van der Waals surface area contributed by atoms with E-state index in [-0.39, 0.29) is 23.8 Å². The van der Waals surface area contributed by atoms with E-state index in [1.807, 2.05) is 30.9 Å². The molecule has 0 saturated carbocycles. The summed E-state index contributed by atoms with van der Waals surface area (Å²) in [5.41, 5.74) is 3.02. The highest BCUT2D eigenvalue weighted by atomic mass is 32.2. The number of aromatic nitrogens is 1. The van der Waals surface area contributed by atoms with Crippen LogP contribution in [0.15, 0.2) is 46.5 Å². The van der Waals surface area contributed by atoms with Gasteiger partial charge in [-0.1, -0.05) is 29.5 Å². The monoisotopic (exact) mass is 411 g/mol. The van der Waals surface area contributed by atoms with Crippen molar-refractivity contribution in [3.05, 3.63) is 53.2 Å². The number of hydrogen-bond acceptors (Lipinski definition) is 4. The second kappa shape index (κ2) is 9.44. The summed E-state index contributed by atoms with van der Waals surface area (Å²) in [7, 11) is 0. The second-order valence-corrected chi connectivity index (χ2v) is 8.99. The molecular formula is C23H29N3O2S. The molecule has 2 amide bonds. The van der Waals surface area contributed by atoms with Crippen LogP contribution in [-0.2, 0) is 4.79 Å². The van der Waals surface area contributed by atoms with Gasteiger partial charge in [-0.05, 0) is 64.3 Å². The Balaban J connectivity index is 1.70. The molecule has 1 aliphatic heterocycles. The minimum atomic E-state index is -0.0144. The lowest BCUT2D eigenvalue weighted by atomic mass is 9.95. The summed E-state index contributed by atoms with van der Waals surface area (Å²) in [5.74, 6) is 0.0760. The number of likely N-dealkylation sites (tertiary alicyclic amines) is 1. The van der Waals surface area contributed by atoms with Crippen LogP contribution in [0.3, 0.4) is 0 Å². The first-order valence-electron chi connectivity index (χ1n) is 10.1. The van der Waals surface area contributed by atoms with Crippen LogP contribution in [0.4, 0.5) is 0 Å². The number of rotatable bonds is 5. The van der Waals surface area contributed by atoms with Gasteiger partial charge < -0.3 is 10.2 Å². The summed E-state index contributed by atoms with van der Waals surface area (Å²) in [6.07, 6.45) is 3.12. The van der Waals surface area contributed by atoms with E-state index in [1.165, 1.54) is 22.9 Å². The van der Waals surface area contributed by atoms with Crippen LogP contribution >= 0.6 is 11.8 Å². The van der Waals surface area contributed by atoms with Crippen molar-refractivity contribution >= 4 is 23.6 Å². The first kappa shape index (κ1) is 21.4. The van der Waals surface area contributed by atoms with Gasteiger partial charge in [-0.25, -0.2) is 4.98 Å². The molecule has 29 heavy (non-hydrogen) atoms. The molecule has 0 bridgehead atoms. The molecule has 1 saturated heterocycles. The number of pyridine rings is 1. The topological polar surface area (TPSA) is 62.3 Å². The maximum Gasteiger partial charge on any atom is 0.256 e. The van der Waals surface area contributed by atoms with Crippen molar-refractivity contribution in [3.63, 3.8) is 0 Å². The number of nitrogens with zero attached hydrogens (tertiary/aromatic N) is 2. The zero-order valence-electron chi connectivity index (χ0n) is 17.6. The molecule has 1 N–H and O–H groups in total. The smallest absolute Gasteiger partial charge is 0.256 e. The van der Waals surface area contributed by atoms with Gasteiger partial charge in [0.05, 0.1) is 5.56 Å². The predicted octanol–water partition coefficient (Wildman–Crippen LogP) is 4.23. The molecular weight excluding hydrogens is 382 g/mol. The summed E-state index contributed by atoms with van der Waals surface area (Å²) in [4.78, 5) is 32.9. The Hall–Kier alpha value is -2.34. The number of benzene rings is 1. The fourth-order valence-electron chi connectivity index (χ4n) is 3.57. The number of nitrogens with one attached hydrogen (secondary N) is 1. The molecule has 154 valence electrons. The van der Waals surface area contributed by atoms with Gasteiger partial charge in [-0.15, -0.1) is 0 Å². The fraction of sp³-hybridized carbons (Fsp3) is 0.435. The van der Waals surface area contributed by atoms with E-state index in [1.54, 1.807) is 6.20 Å². The van der Waals surface area contributed by atoms with Crippen molar-refractivity contribution in [2.45, 2.75) is 56.5 Å². The number of hydrogen-bond donors (Lipinski definition) is 1. The predicted molar refractivity (Wildman–Crippen MR) is 116 cm³/mol. The first-order valence-corrected chi connectivity index (χ1v) is 11.0. The van der Waals surface area contributed by atoms with Gasteiger partial charge in [0.15, 0.2) is 0 Å². The Bertz CT molecular complexity index is 889. The molecule has 1 aliphatic rings. The number of carbonyl (C=O) groups excluding carboxylic acids is 2. The Morgan fingerprint density at radius 2 is 1.90 bits per heavy atom. The maximum atomic E-state index is 13.2. The van der Waals surface area contributed by atoms with E-state index in [0.717, 1.165) is 9.92 Å². The zero-order chi connectivity index (χ0) is 21.0. The van der Waals surface area contributed by atoms with Crippen molar-refractivity contribution in [1.82, 2.24) is 15.2 Å². The maximum absolute atomic E-state index is 13.2. The highest BCUT2D eigenvalue weighted by Gasteiger charge is 2.29. The van der Waals surface area contributed by atoms with Crippen LogP contribution in [-0.4, -0.2) is 40.8 Å². The van der Waals surface area contributed by atoms with Crippen LogP contribution in [0.1, 0.15) is 48.2 Å². The fourth-order valence-corrected chi connectivity index (χ4v) is 4.51. The number of amides is 2. The van der Waals surface area contributed by atoms with Gasteiger partial charge in [0.25, 0.3) is 5.91 Å². The van der Waals surface area contributed by atoms with E-state index in [9.17, 15) is 9.59 Å². The standard InChI is InChI=1S/C23H29N3O2S/c1-15(2)25-21(27)18-9-12-26(13-10-18)23(28)19-6-5-11-24-22(19)29-20-8-7-16(3)14-17(20)4/h5-8,11,14-15,18H,9-10,12-13H2,1-4H3,(H,25,27). The lowest BCUT2D eigenvalue weighted by molar-refractivity contribution is -0.126. The van der Waals surface area contributed by atoms with E-state index < -0.39 is 0 Å². The molecule has 1 aromatic heterocycles. The van der Waals surface area contributed by atoms with Crippen LogP contribution in [0.5, 0.6) is 0 Å². The lowest BCUT2D eigenvalue weighted by Gasteiger charge is -2.32. The summed E-state index contributed by atoms with van der Waals surface area (Å²) in [5, 5.41) is 3.70. The third-order valence-electron chi connectivity index (χ3n) is 5.12. The summed E-state index contributed by atoms with van der Waals surface area (Å²) in [6.45, 7) is 9.27. The molecule has 6 heteroatoms. The van der Waals surface area contributed by atoms with Gasteiger partial charge in [-0.2, -0.15) is 0 Å². The van der Waals surface area contributed by atoms with Crippen LogP contribution in [0, 0.1) is 19.8 Å². The molecule has 0 radical (unpaired) electrons. The van der Waals surface area contributed by atoms with Gasteiger partial charge >= 0.3 is 0 Å². The van der Waals surface area contributed by atoms with Gasteiger partial charge in [0, 0.05) is 36.1 Å². The van der Waals surface area contributed by atoms with Crippen molar-refractivity contribution in [2.24, 2.45) is 5.92 Å². The molecule has 3 rings (SSSR count). The van der Waals surface area contributed by atoms with E-state index in [0.29, 0.717) is 31.5 Å². The molecule has 2 heterocycles. The number of aryl methyl sites for hydroxylation is 2. The summed E-state index contributed by atoms with van der Waals surface area (Å²) < 4.78 is 0. The molecule has 0 atom stereocenters. The third-order valence-corrected chi connectivity index (χ3v) is 6.32. The molecule has 5 nitrogen and oxygen atoms in total. The minimum Gasteiger partial charge on any atom is -0.354 e. The van der Waals surface area contributed by atoms with Crippen molar-refractivity contribution < 1.29 is 9.59 Å². The van der Waals surface area contributed by atoms with E-state index >= 15 is 0 Å². The van der Waals surface area contributed by atoms with Gasteiger partial charge in [-0.3, -0.25) is 9.59 Å². The quantitative estimate of drug-likeness (QED) is 0.800. The summed E-state index contributed by atoms with van der Waals surface area (Å²) in [6, 6.07) is 10.1.